The van der Waals surface area contributed by atoms with E-state index in [9.17, 15) is 4.79 Å². The van der Waals surface area contributed by atoms with Crippen LogP contribution in [0.5, 0.6) is 0 Å². The monoisotopic (exact) mass is 195 g/mol. The van der Waals surface area contributed by atoms with Crippen molar-refractivity contribution in [1.29, 1.82) is 0 Å². The summed E-state index contributed by atoms with van der Waals surface area (Å²) in [4.78, 5) is 10.6. The van der Waals surface area contributed by atoms with E-state index in [1.165, 1.54) is 19.3 Å². The van der Waals surface area contributed by atoms with Crippen molar-refractivity contribution in [2.75, 3.05) is 0 Å². The highest BCUT2D eigenvalue weighted by Gasteiger charge is 2.50. The lowest BCUT2D eigenvalue weighted by molar-refractivity contribution is 0.249. The topological polar surface area (TPSA) is 67.5 Å². The highest BCUT2D eigenvalue weighted by Crippen LogP contribution is 2.53. The van der Waals surface area contributed by atoms with Gasteiger partial charge in [-0.15, -0.1) is 0 Å². The summed E-state index contributed by atoms with van der Waals surface area (Å²) in [5, 5.41) is 4.15. The normalized spacial score (nSPS) is 36.3. The zero-order valence-corrected chi connectivity index (χ0v) is 8.71. The van der Waals surface area contributed by atoms with Gasteiger partial charge in [0.2, 0.25) is 0 Å². The summed E-state index contributed by atoms with van der Waals surface area (Å²) < 4.78 is 0. The molecule has 0 aromatic carbocycles. The SMILES string of the molecule is CC1(C)/C(=N/NC(N)=O)[C@H]2CC[C@@H]1C2. The highest BCUT2D eigenvalue weighted by molar-refractivity contribution is 5.95. The van der Waals surface area contributed by atoms with E-state index in [2.05, 4.69) is 24.4 Å². The van der Waals surface area contributed by atoms with Crippen molar-refractivity contribution >= 4 is 11.7 Å². The van der Waals surface area contributed by atoms with Crippen LogP contribution < -0.4 is 11.2 Å². The van der Waals surface area contributed by atoms with Gasteiger partial charge in [0.05, 0.1) is 0 Å². The quantitative estimate of drug-likeness (QED) is 0.611. The van der Waals surface area contributed by atoms with Crippen LogP contribution in [0.3, 0.4) is 0 Å². The molecule has 4 heteroatoms. The summed E-state index contributed by atoms with van der Waals surface area (Å²) in [5.74, 6) is 1.31. The fourth-order valence-electron chi connectivity index (χ4n) is 2.97. The number of hydrogen-bond donors (Lipinski definition) is 2. The van der Waals surface area contributed by atoms with Gasteiger partial charge in [-0.2, -0.15) is 5.10 Å². The molecule has 0 saturated heterocycles. The van der Waals surface area contributed by atoms with Crippen molar-refractivity contribution < 1.29 is 4.79 Å². The number of nitrogens with two attached hydrogens (primary N) is 1. The first kappa shape index (κ1) is 9.49. The molecule has 0 heterocycles. The van der Waals surface area contributed by atoms with Gasteiger partial charge >= 0.3 is 6.03 Å². The number of carbonyl (C=O) groups is 1. The van der Waals surface area contributed by atoms with Gasteiger partial charge in [0, 0.05) is 11.1 Å². The summed E-state index contributed by atoms with van der Waals surface area (Å²) in [6.07, 6.45) is 3.74. The number of rotatable bonds is 1. The van der Waals surface area contributed by atoms with Crippen LogP contribution >= 0.6 is 0 Å². The van der Waals surface area contributed by atoms with Crippen LogP contribution in [-0.2, 0) is 0 Å². The predicted octanol–water partition coefficient (Wildman–Crippen LogP) is 1.47. The molecular weight excluding hydrogens is 178 g/mol. The molecule has 2 aliphatic rings. The molecule has 4 nitrogen and oxygen atoms in total. The van der Waals surface area contributed by atoms with E-state index in [0.717, 1.165) is 11.6 Å². The van der Waals surface area contributed by atoms with Gasteiger partial charge in [-0.3, -0.25) is 0 Å². The van der Waals surface area contributed by atoms with E-state index in [4.69, 9.17) is 5.73 Å². The summed E-state index contributed by atoms with van der Waals surface area (Å²) in [6.45, 7) is 4.41. The van der Waals surface area contributed by atoms with E-state index in [0.29, 0.717) is 5.92 Å². The Morgan fingerprint density at radius 1 is 1.57 bits per heavy atom. The van der Waals surface area contributed by atoms with Crippen LogP contribution in [0, 0.1) is 17.3 Å². The maximum atomic E-state index is 10.6. The fourth-order valence-corrected chi connectivity index (χ4v) is 2.97. The van der Waals surface area contributed by atoms with Crippen LogP contribution in [0.4, 0.5) is 4.79 Å². The van der Waals surface area contributed by atoms with Gasteiger partial charge in [0.15, 0.2) is 0 Å². The van der Waals surface area contributed by atoms with Crippen molar-refractivity contribution in [2.24, 2.45) is 28.1 Å². The molecule has 78 valence electrons. The lowest BCUT2D eigenvalue weighted by Crippen LogP contribution is -2.34. The number of nitrogens with one attached hydrogen (secondary N) is 1. The molecule has 2 aliphatic carbocycles. The smallest absolute Gasteiger partial charge is 0.332 e. The molecule has 2 atom stereocenters. The average Bonchev–Trinajstić information content (AvgIpc) is 2.59. The standard InChI is InChI=1S/C10H17N3O/c1-10(2)7-4-3-6(5-7)8(10)12-13-9(11)14/h6-7H,3-5H2,1-2H3,(H3,11,13,14)/b12-8+/t6-,7+/m0/s1. The van der Waals surface area contributed by atoms with Gasteiger partial charge in [-0.05, 0) is 31.1 Å². The molecule has 0 aromatic rings. The first-order valence-corrected chi connectivity index (χ1v) is 5.15. The molecule has 2 saturated carbocycles. The second-order valence-corrected chi connectivity index (χ2v) is 4.90. The van der Waals surface area contributed by atoms with Gasteiger partial charge in [0.1, 0.15) is 0 Å². The molecule has 0 aliphatic heterocycles. The first-order valence-electron chi connectivity index (χ1n) is 5.15. The Morgan fingerprint density at radius 3 is 2.79 bits per heavy atom. The zero-order valence-electron chi connectivity index (χ0n) is 8.71. The minimum absolute atomic E-state index is 0.144. The number of nitrogens with zero attached hydrogens (tertiary/aromatic N) is 1. The molecule has 0 spiro atoms. The third-order valence-corrected chi connectivity index (χ3v) is 3.79. The first-order chi connectivity index (χ1) is 6.51. The van der Waals surface area contributed by atoms with Crippen LogP contribution in [0.15, 0.2) is 5.10 Å². The molecule has 14 heavy (non-hydrogen) atoms. The molecule has 2 rings (SSSR count). The number of hydrogen-bond acceptors (Lipinski definition) is 2. The molecule has 0 radical (unpaired) electrons. The molecule has 2 amide bonds. The van der Waals surface area contributed by atoms with Crippen molar-refractivity contribution in [1.82, 2.24) is 5.43 Å². The summed E-state index contributed by atoms with van der Waals surface area (Å²) >= 11 is 0. The molecule has 2 fully saturated rings. The Bertz CT molecular complexity index is 296. The lowest BCUT2D eigenvalue weighted by atomic mass is 9.75. The van der Waals surface area contributed by atoms with Crippen molar-refractivity contribution in [3.05, 3.63) is 0 Å². The van der Waals surface area contributed by atoms with E-state index in [1.807, 2.05) is 0 Å². The Hall–Kier alpha value is -1.06. The van der Waals surface area contributed by atoms with Crippen molar-refractivity contribution in [2.45, 2.75) is 33.1 Å². The van der Waals surface area contributed by atoms with Crippen LogP contribution in [0.25, 0.3) is 0 Å². The second-order valence-electron chi connectivity index (χ2n) is 4.90. The van der Waals surface area contributed by atoms with Crippen LogP contribution in [0.2, 0.25) is 0 Å². The Morgan fingerprint density at radius 2 is 2.29 bits per heavy atom. The molecular formula is C10H17N3O. The number of carbonyl (C=O) groups excluding carboxylic acids is 1. The Balaban J connectivity index is 2.19. The van der Waals surface area contributed by atoms with E-state index < -0.39 is 6.03 Å². The zero-order chi connectivity index (χ0) is 10.3. The number of hydrazone groups is 1. The van der Waals surface area contributed by atoms with Gasteiger partial charge in [0.25, 0.3) is 0 Å². The number of urea groups is 1. The maximum Gasteiger partial charge on any atom is 0.332 e. The second kappa shape index (κ2) is 2.97. The number of amides is 2. The van der Waals surface area contributed by atoms with Crippen molar-refractivity contribution in [3.63, 3.8) is 0 Å². The number of primary amides is 1. The fraction of sp³-hybridized carbons (Fsp3) is 0.800. The summed E-state index contributed by atoms with van der Waals surface area (Å²) in [6, 6.07) is -0.573. The van der Waals surface area contributed by atoms with Gasteiger partial charge in [-0.25, -0.2) is 10.2 Å². The van der Waals surface area contributed by atoms with E-state index in [1.54, 1.807) is 0 Å². The third-order valence-electron chi connectivity index (χ3n) is 3.79. The van der Waals surface area contributed by atoms with Crippen LogP contribution in [-0.4, -0.2) is 11.7 Å². The van der Waals surface area contributed by atoms with Gasteiger partial charge in [-0.1, -0.05) is 13.8 Å². The third kappa shape index (κ3) is 1.29. The summed E-state index contributed by atoms with van der Waals surface area (Å²) in [7, 11) is 0. The lowest BCUT2D eigenvalue weighted by Gasteiger charge is -2.30. The average molecular weight is 195 g/mol. The van der Waals surface area contributed by atoms with Crippen LogP contribution in [0.1, 0.15) is 33.1 Å². The van der Waals surface area contributed by atoms with Gasteiger partial charge < -0.3 is 5.73 Å². The highest BCUT2D eigenvalue weighted by atomic mass is 16.2. The largest absolute Gasteiger partial charge is 0.350 e. The Kier molecular flexibility index (Phi) is 2.01. The van der Waals surface area contributed by atoms with E-state index >= 15 is 0 Å². The molecule has 3 N–H and O–H groups in total. The minimum Gasteiger partial charge on any atom is -0.350 e. The maximum absolute atomic E-state index is 10.6. The van der Waals surface area contributed by atoms with E-state index in [-0.39, 0.29) is 5.41 Å². The predicted molar refractivity (Wildman–Crippen MR) is 54.8 cm³/mol. The Labute approximate surface area is 83.9 Å². The van der Waals surface area contributed by atoms with Crippen molar-refractivity contribution in [3.8, 4) is 0 Å². The molecule has 0 unspecified atom stereocenters. The molecule has 2 bridgehead atoms. The number of fused-ring (bicyclic) bond motifs is 2. The minimum atomic E-state index is -0.573. The molecule has 0 aromatic heterocycles. The summed E-state index contributed by atoms with van der Waals surface area (Å²) in [5.41, 5.74) is 8.63.